The van der Waals surface area contributed by atoms with Crippen LogP contribution in [-0.4, -0.2) is 25.6 Å². The maximum absolute atomic E-state index is 13.6. The molecule has 0 aliphatic rings. The smallest absolute Gasteiger partial charge is 0.126 e. The highest BCUT2D eigenvalue weighted by molar-refractivity contribution is 6.33. The van der Waals surface area contributed by atoms with Crippen molar-refractivity contribution in [3.63, 3.8) is 0 Å². The molecule has 34 heavy (non-hydrogen) atoms. The van der Waals surface area contributed by atoms with Crippen LogP contribution in [0.15, 0.2) is 85.6 Å². The van der Waals surface area contributed by atoms with Crippen molar-refractivity contribution in [2.75, 3.05) is 5.32 Å². The van der Waals surface area contributed by atoms with Crippen LogP contribution in [0.4, 0.5) is 10.2 Å². The van der Waals surface area contributed by atoms with Crippen molar-refractivity contribution < 1.29 is 4.39 Å². The highest BCUT2D eigenvalue weighted by Gasteiger charge is 2.12. The minimum Gasteiger partial charge on any atom is -0.367 e. The number of halogens is 2. The Morgan fingerprint density at radius 2 is 1.85 bits per heavy atom. The zero-order valence-electron chi connectivity index (χ0n) is 18.6. The summed E-state index contributed by atoms with van der Waals surface area (Å²) in [6.07, 6.45) is 7.91. The van der Waals surface area contributed by atoms with Crippen LogP contribution >= 0.6 is 11.6 Å². The van der Waals surface area contributed by atoms with Gasteiger partial charge in [0.2, 0.25) is 0 Å². The zero-order valence-corrected chi connectivity index (χ0v) is 19.4. The highest BCUT2D eigenvalue weighted by Crippen LogP contribution is 2.31. The van der Waals surface area contributed by atoms with Crippen molar-refractivity contribution in [1.82, 2.24) is 19.5 Å². The summed E-state index contributed by atoms with van der Waals surface area (Å²) in [5.41, 5.74) is 5.76. The third-order valence-corrected chi connectivity index (χ3v) is 6.02. The van der Waals surface area contributed by atoms with Crippen molar-refractivity contribution in [2.24, 2.45) is 0 Å². The summed E-state index contributed by atoms with van der Waals surface area (Å²) in [6.45, 7) is 2.65. The summed E-state index contributed by atoms with van der Waals surface area (Å²) in [5.74, 6) is 0.513. The summed E-state index contributed by atoms with van der Waals surface area (Å²) in [7, 11) is 0. The van der Waals surface area contributed by atoms with Crippen molar-refractivity contribution in [2.45, 2.75) is 25.9 Å². The first-order chi connectivity index (χ1) is 16.5. The molecule has 0 amide bonds. The van der Waals surface area contributed by atoms with Crippen LogP contribution in [0.5, 0.6) is 0 Å². The van der Waals surface area contributed by atoms with E-state index in [1.165, 1.54) is 11.6 Å². The summed E-state index contributed by atoms with van der Waals surface area (Å²) in [4.78, 5) is 13.0. The predicted molar refractivity (Wildman–Crippen MR) is 135 cm³/mol. The van der Waals surface area contributed by atoms with Crippen LogP contribution < -0.4 is 5.32 Å². The van der Waals surface area contributed by atoms with Gasteiger partial charge in [-0.15, -0.1) is 0 Å². The molecule has 3 heterocycles. The Labute approximate surface area is 202 Å². The molecule has 3 aromatic heterocycles. The van der Waals surface area contributed by atoms with E-state index in [4.69, 9.17) is 11.6 Å². The molecule has 0 saturated heterocycles. The normalized spacial score (nSPS) is 12.1. The quantitative estimate of drug-likeness (QED) is 0.299. The average Bonchev–Trinajstić information content (AvgIpc) is 3.23. The largest absolute Gasteiger partial charge is 0.367 e. The third-order valence-electron chi connectivity index (χ3n) is 5.71. The number of imidazole rings is 1. The number of rotatable bonds is 7. The van der Waals surface area contributed by atoms with E-state index in [1.807, 2.05) is 41.0 Å². The van der Waals surface area contributed by atoms with Gasteiger partial charge in [0, 0.05) is 36.7 Å². The average molecular weight is 472 g/mol. The second-order valence-corrected chi connectivity index (χ2v) is 8.77. The lowest BCUT2D eigenvalue weighted by Gasteiger charge is -2.16. The number of hydrogen-bond donors (Lipinski definition) is 1. The Balaban J connectivity index is 1.41. The van der Waals surface area contributed by atoms with Gasteiger partial charge in [-0.3, -0.25) is 4.98 Å². The molecule has 0 fully saturated rings. The number of anilines is 1. The fourth-order valence-corrected chi connectivity index (χ4v) is 4.31. The molecule has 0 saturated carbocycles. The van der Waals surface area contributed by atoms with Gasteiger partial charge in [0.1, 0.15) is 11.6 Å². The van der Waals surface area contributed by atoms with Crippen molar-refractivity contribution >= 4 is 28.5 Å². The van der Waals surface area contributed by atoms with Gasteiger partial charge in [-0.2, -0.15) is 0 Å². The summed E-state index contributed by atoms with van der Waals surface area (Å²) in [5, 5.41) is 4.04. The molecule has 2 aromatic carbocycles. The van der Waals surface area contributed by atoms with Crippen LogP contribution in [0.25, 0.3) is 22.2 Å². The molecule has 170 valence electrons. The Bertz CT molecular complexity index is 1430. The van der Waals surface area contributed by atoms with E-state index in [1.54, 1.807) is 37.1 Å². The molecule has 5 rings (SSSR count). The molecule has 5 aromatic rings. The lowest BCUT2D eigenvalue weighted by molar-refractivity contribution is 0.624. The lowest BCUT2D eigenvalue weighted by atomic mass is 10.1. The van der Waals surface area contributed by atoms with Crippen LogP contribution in [0.3, 0.4) is 0 Å². The second-order valence-electron chi connectivity index (χ2n) is 8.36. The molecule has 0 aliphatic carbocycles. The molecule has 7 heteroatoms. The maximum Gasteiger partial charge on any atom is 0.126 e. The SMILES string of the molecule is CC(Cc1ccncc1)Nc1cc(-c2ccc3ncn(Cc4cccc(F)c4)c3c2)c(Cl)cn1. The van der Waals surface area contributed by atoms with E-state index in [0.29, 0.717) is 11.6 Å². The minimum absolute atomic E-state index is 0.180. The first kappa shape index (κ1) is 22.0. The zero-order chi connectivity index (χ0) is 23.5. The molecule has 1 atom stereocenters. The molecule has 1 unspecified atom stereocenters. The monoisotopic (exact) mass is 471 g/mol. The number of fused-ring (bicyclic) bond motifs is 1. The van der Waals surface area contributed by atoms with Crippen molar-refractivity contribution in [3.05, 3.63) is 108 Å². The second kappa shape index (κ2) is 9.61. The van der Waals surface area contributed by atoms with E-state index in [9.17, 15) is 4.39 Å². The predicted octanol–water partition coefficient (Wildman–Crippen LogP) is 6.38. The number of hydrogen-bond acceptors (Lipinski definition) is 4. The topological polar surface area (TPSA) is 55.6 Å². The summed E-state index contributed by atoms with van der Waals surface area (Å²) < 4.78 is 15.6. The van der Waals surface area contributed by atoms with E-state index >= 15 is 0 Å². The molecular formula is C27H23ClFN5. The first-order valence-electron chi connectivity index (χ1n) is 11.1. The minimum atomic E-state index is -0.246. The van der Waals surface area contributed by atoms with E-state index < -0.39 is 0 Å². The van der Waals surface area contributed by atoms with Crippen LogP contribution in [-0.2, 0) is 13.0 Å². The van der Waals surface area contributed by atoms with E-state index in [-0.39, 0.29) is 11.9 Å². The molecular weight excluding hydrogens is 449 g/mol. The molecule has 5 nitrogen and oxygen atoms in total. The van der Waals surface area contributed by atoms with Crippen molar-refractivity contribution in [3.8, 4) is 11.1 Å². The molecule has 1 N–H and O–H groups in total. The maximum atomic E-state index is 13.6. The van der Waals surface area contributed by atoms with Crippen LogP contribution in [0.1, 0.15) is 18.1 Å². The number of benzene rings is 2. The highest BCUT2D eigenvalue weighted by atomic mass is 35.5. The van der Waals surface area contributed by atoms with Gasteiger partial charge in [-0.05, 0) is 72.5 Å². The Hall–Kier alpha value is -3.77. The van der Waals surface area contributed by atoms with Crippen LogP contribution in [0.2, 0.25) is 5.02 Å². The standard InChI is InChI=1S/C27H23ClFN5/c1-18(11-19-7-9-30-10-8-19)33-27-14-23(24(28)15-31-27)21-5-6-25-26(13-21)34(17-32-25)16-20-3-2-4-22(29)12-20/h2-10,12-15,17-18H,11,16H2,1H3,(H,31,33). The number of nitrogens with one attached hydrogen (secondary N) is 1. The van der Waals surface area contributed by atoms with Gasteiger partial charge in [0.05, 0.1) is 22.4 Å². The molecule has 0 bridgehead atoms. The Morgan fingerprint density at radius 3 is 2.68 bits per heavy atom. The van der Waals surface area contributed by atoms with Gasteiger partial charge in [0.15, 0.2) is 0 Å². The Morgan fingerprint density at radius 1 is 1.00 bits per heavy atom. The van der Waals surface area contributed by atoms with Gasteiger partial charge in [0.25, 0.3) is 0 Å². The lowest BCUT2D eigenvalue weighted by Crippen LogP contribution is -2.18. The van der Waals surface area contributed by atoms with Gasteiger partial charge in [-0.25, -0.2) is 14.4 Å². The number of pyridine rings is 2. The first-order valence-corrected chi connectivity index (χ1v) is 11.4. The third kappa shape index (κ3) is 4.92. The van der Waals surface area contributed by atoms with E-state index in [0.717, 1.165) is 40.0 Å². The van der Waals surface area contributed by atoms with Gasteiger partial charge in [-0.1, -0.05) is 29.8 Å². The number of aromatic nitrogens is 4. The molecule has 0 spiro atoms. The van der Waals surface area contributed by atoms with Crippen LogP contribution in [0, 0.1) is 5.82 Å². The molecule has 0 aliphatic heterocycles. The fraction of sp³-hybridized carbons (Fsp3) is 0.148. The van der Waals surface area contributed by atoms with Gasteiger partial charge >= 0.3 is 0 Å². The fourth-order valence-electron chi connectivity index (χ4n) is 4.10. The van der Waals surface area contributed by atoms with Crippen molar-refractivity contribution in [1.29, 1.82) is 0 Å². The molecule has 0 radical (unpaired) electrons. The van der Waals surface area contributed by atoms with Gasteiger partial charge < -0.3 is 9.88 Å². The Kier molecular flexibility index (Phi) is 6.23. The summed E-state index contributed by atoms with van der Waals surface area (Å²) >= 11 is 6.55. The summed E-state index contributed by atoms with van der Waals surface area (Å²) in [6, 6.07) is 18.8. The number of nitrogens with zero attached hydrogens (tertiary/aromatic N) is 4. The van der Waals surface area contributed by atoms with E-state index in [2.05, 4.69) is 33.3 Å².